The molecule has 3 heterocycles. The number of aromatic nitrogens is 2. The molecule has 2 aliphatic rings. The van der Waals surface area contributed by atoms with E-state index in [1.54, 1.807) is 17.2 Å². The van der Waals surface area contributed by atoms with E-state index in [4.69, 9.17) is 10.6 Å². The number of rotatable bonds is 5. The summed E-state index contributed by atoms with van der Waals surface area (Å²) in [5.41, 5.74) is 3.73. The highest BCUT2D eigenvalue weighted by Gasteiger charge is 2.20. The number of H-pyrrole nitrogens is 1. The minimum Gasteiger partial charge on any atom is -0.493 e. The van der Waals surface area contributed by atoms with Crippen LogP contribution in [0.3, 0.4) is 0 Å². The molecule has 0 radical (unpaired) electrons. The van der Waals surface area contributed by atoms with Crippen LogP contribution >= 0.6 is 0 Å². The maximum Gasteiger partial charge on any atom is 0.317 e. The predicted octanol–water partition coefficient (Wildman–Crippen LogP) is 1.69. The molecule has 4 rings (SSSR count). The molecule has 1 aromatic carbocycles. The van der Waals surface area contributed by atoms with Crippen molar-refractivity contribution < 1.29 is 13.9 Å². The van der Waals surface area contributed by atoms with Crippen LogP contribution in [0.1, 0.15) is 30.0 Å². The fraction of sp³-hybridized carbons (Fsp3) is 0.381. The number of amides is 2. The molecule has 0 atom stereocenters. The first kappa shape index (κ1) is 20.7. The summed E-state index contributed by atoms with van der Waals surface area (Å²) >= 11 is 0. The monoisotopic (exact) mass is 427 g/mol. The number of carbonyl (C=O) groups is 1. The van der Waals surface area contributed by atoms with Crippen LogP contribution in [-0.4, -0.2) is 47.1 Å². The first-order valence-electron chi connectivity index (χ1n) is 10.3. The number of urea groups is 1. The van der Waals surface area contributed by atoms with Crippen LogP contribution in [0.4, 0.5) is 15.1 Å². The number of carbonyl (C=O) groups excluding carboxylic acids is 1. The Kier molecular flexibility index (Phi) is 6.06. The van der Waals surface area contributed by atoms with E-state index in [1.807, 2.05) is 13.0 Å². The first-order chi connectivity index (χ1) is 15.1. The second-order valence-electron chi connectivity index (χ2n) is 7.34. The Hall–Kier alpha value is -3.56. The van der Waals surface area contributed by atoms with Crippen molar-refractivity contribution in [2.75, 3.05) is 31.6 Å². The van der Waals surface area contributed by atoms with Crippen molar-refractivity contribution in [3.05, 3.63) is 52.4 Å². The maximum absolute atomic E-state index is 14.3. The summed E-state index contributed by atoms with van der Waals surface area (Å²) in [6, 6.07) is 3.01. The van der Waals surface area contributed by atoms with Gasteiger partial charge < -0.3 is 31.1 Å². The molecule has 0 spiro atoms. The summed E-state index contributed by atoms with van der Waals surface area (Å²) in [6.07, 6.45) is 5.02. The van der Waals surface area contributed by atoms with Gasteiger partial charge >= 0.3 is 6.03 Å². The molecule has 164 valence electrons. The van der Waals surface area contributed by atoms with Crippen molar-refractivity contribution in [2.45, 2.75) is 26.3 Å². The molecule has 0 saturated carbocycles. The number of nitrogens with one attached hydrogen (secondary N) is 3. The lowest BCUT2D eigenvalue weighted by Crippen LogP contribution is -2.42. The van der Waals surface area contributed by atoms with Gasteiger partial charge in [0.15, 0.2) is 5.49 Å². The zero-order valence-electron chi connectivity index (χ0n) is 17.4. The van der Waals surface area contributed by atoms with E-state index < -0.39 is 0 Å². The van der Waals surface area contributed by atoms with Crippen LogP contribution in [0.25, 0.3) is 5.57 Å². The molecule has 1 aromatic heterocycles. The Morgan fingerprint density at radius 2 is 2.29 bits per heavy atom. The summed E-state index contributed by atoms with van der Waals surface area (Å²) in [5.74, 6) is 6.49. The van der Waals surface area contributed by atoms with Gasteiger partial charge in [-0.15, -0.1) is 0 Å². The van der Waals surface area contributed by atoms with Gasteiger partial charge in [-0.25, -0.2) is 14.2 Å². The fourth-order valence-corrected chi connectivity index (χ4v) is 3.87. The van der Waals surface area contributed by atoms with Crippen LogP contribution < -0.4 is 26.7 Å². The molecular formula is C21H26FN7O2. The third-order valence-electron chi connectivity index (χ3n) is 5.49. The smallest absolute Gasteiger partial charge is 0.317 e. The largest absolute Gasteiger partial charge is 0.493 e. The van der Waals surface area contributed by atoms with Crippen LogP contribution in [0.15, 0.2) is 29.5 Å². The highest BCUT2D eigenvalue weighted by molar-refractivity contribution is 5.76. The molecule has 2 aliphatic heterocycles. The number of aromatic amines is 1. The Labute approximate surface area is 179 Å². The lowest BCUT2D eigenvalue weighted by atomic mass is 10.0. The van der Waals surface area contributed by atoms with E-state index in [9.17, 15) is 9.18 Å². The van der Waals surface area contributed by atoms with Gasteiger partial charge in [-0.05, 0) is 31.1 Å². The highest BCUT2D eigenvalue weighted by atomic mass is 19.1. The average Bonchev–Trinajstić information content (AvgIpc) is 3.27. The zero-order valence-corrected chi connectivity index (χ0v) is 17.4. The molecule has 5 N–H and O–H groups in total. The molecule has 0 aliphatic carbocycles. The van der Waals surface area contributed by atoms with E-state index in [2.05, 4.69) is 25.7 Å². The first-order valence-corrected chi connectivity index (χ1v) is 10.3. The van der Waals surface area contributed by atoms with Crippen molar-refractivity contribution >= 4 is 17.6 Å². The molecule has 0 saturated heterocycles. The standard InChI is InChI=1S/C21H26FN7O2/c1-2-24-21(30)29-8-5-13(6-9-29)15-11-25-20(27-19(15)28-23)26-12-16-14-7-10-31-18(14)4-3-17(16)22/h3-5,11H,2,6-10,12,23H2,1H3,(H,24,30)(H2,25,26,27,28). The number of benzene rings is 1. The summed E-state index contributed by atoms with van der Waals surface area (Å²) in [7, 11) is 0. The van der Waals surface area contributed by atoms with Gasteiger partial charge in [0, 0.05) is 55.5 Å². The number of nitrogens with two attached hydrogens (primary N) is 1. The highest BCUT2D eigenvalue weighted by Crippen LogP contribution is 2.30. The molecule has 2 aromatic rings. The lowest BCUT2D eigenvalue weighted by Gasteiger charge is -2.26. The summed E-state index contributed by atoms with van der Waals surface area (Å²) in [5, 5.41) is 9.78. The van der Waals surface area contributed by atoms with Crippen LogP contribution in [0, 0.1) is 5.82 Å². The second-order valence-corrected chi connectivity index (χ2v) is 7.34. The predicted molar refractivity (Wildman–Crippen MR) is 115 cm³/mol. The van der Waals surface area contributed by atoms with Crippen molar-refractivity contribution in [3.63, 3.8) is 0 Å². The summed E-state index contributed by atoms with van der Waals surface area (Å²) < 4.78 is 19.8. The quantitative estimate of drug-likeness (QED) is 0.428. The topological polar surface area (TPSA) is 121 Å². The lowest BCUT2D eigenvalue weighted by molar-refractivity contribution is 0.203. The summed E-state index contributed by atoms with van der Waals surface area (Å²) in [4.78, 5) is 21.2. The van der Waals surface area contributed by atoms with E-state index in [-0.39, 0.29) is 18.4 Å². The number of anilines is 1. The van der Waals surface area contributed by atoms with Crippen molar-refractivity contribution in [2.24, 2.45) is 10.9 Å². The SMILES string of the molecule is CCNC(=O)N1CC=C(c2cnc(NCc3c(F)ccc4c3CCO4)[nH]/c2=N\N)CC1. The minimum absolute atomic E-state index is 0.0733. The maximum atomic E-state index is 14.3. The number of halogens is 1. The normalized spacial score (nSPS) is 15.9. The van der Waals surface area contributed by atoms with E-state index >= 15 is 0 Å². The third-order valence-corrected chi connectivity index (χ3v) is 5.49. The second kappa shape index (κ2) is 9.07. The third kappa shape index (κ3) is 4.32. The number of hydrogen-bond acceptors (Lipinski definition) is 6. The van der Waals surface area contributed by atoms with Crippen molar-refractivity contribution in [1.29, 1.82) is 0 Å². The van der Waals surface area contributed by atoms with Gasteiger partial charge in [0.05, 0.1) is 6.61 Å². The van der Waals surface area contributed by atoms with Gasteiger partial charge in [-0.1, -0.05) is 6.08 Å². The van der Waals surface area contributed by atoms with Crippen molar-refractivity contribution in [3.8, 4) is 5.75 Å². The Morgan fingerprint density at radius 1 is 1.42 bits per heavy atom. The van der Waals surface area contributed by atoms with Gasteiger partial charge in [-0.2, -0.15) is 5.10 Å². The van der Waals surface area contributed by atoms with Gasteiger partial charge in [0.25, 0.3) is 0 Å². The number of hydrogen-bond donors (Lipinski definition) is 4. The van der Waals surface area contributed by atoms with Gasteiger partial charge in [-0.3, -0.25) is 0 Å². The number of fused-ring (bicyclic) bond motifs is 1. The summed E-state index contributed by atoms with van der Waals surface area (Å²) in [6.45, 7) is 4.41. The molecule has 31 heavy (non-hydrogen) atoms. The Balaban J connectivity index is 1.49. The zero-order chi connectivity index (χ0) is 21.8. The average molecular weight is 427 g/mol. The van der Waals surface area contributed by atoms with Crippen molar-refractivity contribution in [1.82, 2.24) is 20.2 Å². The Morgan fingerprint density at radius 3 is 3.03 bits per heavy atom. The van der Waals surface area contributed by atoms with Gasteiger partial charge in [0.2, 0.25) is 5.95 Å². The molecule has 2 amide bonds. The number of nitrogens with zero attached hydrogens (tertiary/aromatic N) is 3. The van der Waals surface area contributed by atoms with Crippen LogP contribution in [0.5, 0.6) is 5.75 Å². The minimum atomic E-state index is -0.277. The molecule has 0 bridgehead atoms. The molecule has 9 nitrogen and oxygen atoms in total. The molecular weight excluding hydrogens is 401 g/mol. The Bertz CT molecular complexity index is 1080. The fourth-order valence-electron chi connectivity index (χ4n) is 3.87. The van der Waals surface area contributed by atoms with Gasteiger partial charge in [0.1, 0.15) is 11.6 Å². The van der Waals surface area contributed by atoms with E-state index in [1.165, 1.54) is 6.07 Å². The van der Waals surface area contributed by atoms with Crippen LogP contribution in [-0.2, 0) is 13.0 Å². The van der Waals surface area contributed by atoms with E-state index in [0.29, 0.717) is 56.1 Å². The van der Waals surface area contributed by atoms with Crippen LogP contribution in [0.2, 0.25) is 0 Å². The molecule has 0 unspecified atom stereocenters. The molecule has 0 fully saturated rings. The van der Waals surface area contributed by atoms with E-state index in [0.717, 1.165) is 22.4 Å². The molecule has 10 heteroatoms. The number of ether oxygens (including phenoxy) is 1.